The van der Waals surface area contributed by atoms with Crippen LogP contribution in [0.4, 0.5) is 0 Å². The highest BCUT2D eigenvalue weighted by molar-refractivity contribution is 5.84. The van der Waals surface area contributed by atoms with Gasteiger partial charge < -0.3 is 15.3 Å². The summed E-state index contributed by atoms with van der Waals surface area (Å²) in [5.74, 6) is -0.0841. The lowest BCUT2D eigenvalue weighted by Gasteiger charge is -2.24. The molecule has 98 valence electrons. The molecule has 0 aromatic heterocycles. The molecule has 1 aliphatic carbocycles. The van der Waals surface area contributed by atoms with Crippen molar-refractivity contribution in [3.63, 3.8) is 0 Å². The lowest BCUT2D eigenvalue weighted by molar-refractivity contribution is -0.129. The predicted octanol–water partition coefficient (Wildman–Crippen LogP) is 1.69. The van der Waals surface area contributed by atoms with E-state index in [1.165, 1.54) is 0 Å². The van der Waals surface area contributed by atoms with Crippen LogP contribution in [0.3, 0.4) is 0 Å². The van der Waals surface area contributed by atoms with Gasteiger partial charge in [-0.25, -0.2) is 0 Å². The maximum atomic E-state index is 11.5. The van der Waals surface area contributed by atoms with Crippen molar-refractivity contribution in [3.05, 3.63) is 0 Å². The highest BCUT2D eigenvalue weighted by Gasteiger charge is 2.20. The second kappa shape index (κ2) is 6.00. The van der Waals surface area contributed by atoms with Gasteiger partial charge in [0.25, 0.3) is 0 Å². The minimum Gasteiger partial charge on any atom is -0.411 e. The Labute approximate surface area is 102 Å². The van der Waals surface area contributed by atoms with E-state index in [2.05, 4.69) is 10.5 Å². The first-order valence-corrected chi connectivity index (χ1v) is 6.03. The van der Waals surface area contributed by atoms with Crippen LogP contribution in [-0.4, -0.2) is 35.1 Å². The number of rotatable bonds is 3. The summed E-state index contributed by atoms with van der Waals surface area (Å²) in [6, 6.07) is 0. The molecule has 1 saturated carbocycles. The fraction of sp³-hybridized carbons (Fsp3) is 0.833. The molecule has 0 atom stereocenters. The van der Waals surface area contributed by atoms with Crippen LogP contribution in [0.15, 0.2) is 5.16 Å². The van der Waals surface area contributed by atoms with E-state index in [0.29, 0.717) is 0 Å². The zero-order valence-electron chi connectivity index (χ0n) is 10.8. The standard InChI is InChI=1S/C12H22N2O3/c1-12(2,3)13-11(15)8-17-10-6-4-9(14-16)5-7-10/h10,16H,4-8H2,1-3H3,(H,13,15). The topological polar surface area (TPSA) is 70.9 Å². The zero-order valence-corrected chi connectivity index (χ0v) is 10.8. The van der Waals surface area contributed by atoms with E-state index in [-0.39, 0.29) is 24.2 Å². The van der Waals surface area contributed by atoms with Gasteiger partial charge in [-0.1, -0.05) is 5.16 Å². The number of carbonyl (C=O) groups is 1. The summed E-state index contributed by atoms with van der Waals surface area (Å²) in [7, 11) is 0. The quantitative estimate of drug-likeness (QED) is 0.584. The Kier molecular flexibility index (Phi) is 4.93. The molecule has 0 radical (unpaired) electrons. The third-order valence-corrected chi connectivity index (χ3v) is 2.62. The number of oxime groups is 1. The van der Waals surface area contributed by atoms with Crippen LogP contribution in [0.2, 0.25) is 0 Å². The molecule has 1 amide bonds. The van der Waals surface area contributed by atoms with Gasteiger partial charge >= 0.3 is 0 Å². The van der Waals surface area contributed by atoms with E-state index in [1.54, 1.807) is 0 Å². The molecule has 17 heavy (non-hydrogen) atoms. The Bertz CT molecular complexity index is 285. The van der Waals surface area contributed by atoms with Crippen LogP contribution < -0.4 is 5.32 Å². The second-order valence-corrected chi connectivity index (χ2v) is 5.47. The van der Waals surface area contributed by atoms with Crippen molar-refractivity contribution in [2.75, 3.05) is 6.61 Å². The number of nitrogens with zero attached hydrogens (tertiary/aromatic N) is 1. The Morgan fingerprint density at radius 3 is 2.53 bits per heavy atom. The minimum atomic E-state index is -0.219. The molecule has 0 heterocycles. The first kappa shape index (κ1) is 14.0. The molecule has 0 aromatic rings. The molecule has 0 saturated heterocycles. The van der Waals surface area contributed by atoms with Crippen LogP contribution in [0, 0.1) is 0 Å². The van der Waals surface area contributed by atoms with Gasteiger partial charge in [-0.05, 0) is 46.5 Å². The fourth-order valence-electron chi connectivity index (χ4n) is 1.84. The van der Waals surface area contributed by atoms with Gasteiger partial charge in [0.2, 0.25) is 5.91 Å². The summed E-state index contributed by atoms with van der Waals surface area (Å²) in [6.45, 7) is 5.92. The highest BCUT2D eigenvalue weighted by atomic mass is 16.5. The molecule has 0 unspecified atom stereocenters. The van der Waals surface area contributed by atoms with Gasteiger partial charge in [0.05, 0.1) is 11.8 Å². The average molecular weight is 242 g/mol. The molecule has 5 nitrogen and oxygen atoms in total. The van der Waals surface area contributed by atoms with Crippen LogP contribution >= 0.6 is 0 Å². The molecular weight excluding hydrogens is 220 g/mol. The summed E-state index contributed by atoms with van der Waals surface area (Å²) < 4.78 is 5.53. The van der Waals surface area contributed by atoms with Crippen molar-refractivity contribution in [1.29, 1.82) is 0 Å². The van der Waals surface area contributed by atoms with Crippen LogP contribution in [0.1, 0.15) is 46.5 Å². The summed E-state index contributed by atoms with van der Waals surface area (Å²) in [5, 5.41) is 14.7. The van der Waals surface area contributed by atoms with Gasteiger partial charge in [0.1, 0.15) is 6.61 Å². The van der Waals surface area contributed by atoms with Crippen LogP contribution in [0.5, 0.6) is 0 Å². The fourth-order valence-corrected chi connectivity index (χ4v) is 1.84. The van der Waals surface area contributed by atoms with E-state index >= 15 is 0 Å². The molecule has 0 spiro atoms. The van der Waals surface area contributed by atoms with E-state index in [0.717, 1.165) is 31.4 Å². The van der Waals surface area contributed by atoms with Crippen LogP contribution in [-0.2, 0) is 9.53 Å². The van der Waals surface area contributed by atoms with E-state index in [9.17, 15) is 4.79 Å². The molecule has 0 bridgehead atoms. The second-order valence-electron chi connectivity index (χ2n) is 5.47. The number of carbonyl (C=O) groups excluding carboxylic acids is 1. The summed E-state index contributed by atoms with van der Waals surface area (Å²) in [6.07, 6.45) is 3.25. The maximum absolute atomic E-state index is 11.5. The van der Waals surface area contributed by atoms with Gasteiger partial charge in [0.15, 0.2) is 0 Å². The molecular formula is C12H22N2O3. The Morgan fingerprint density at radius 2 is 2.06 bits per heavy atom. The van der Waals surface area contributed by atoms with Gasteiger partial charge in [-0.3, -0.25) is 4.79 Å². The molecule has 1 fully saturated rings. The lowest BCUT2D eigenvalue weighted by atomic mass is 9.96. The SMILES string of the molecule is CC(C)(C)NC(=O)COC1CCC(=NO)CC1. The van der Waals surface area contributed by atoms with E-state index in [4.69, 9.17) is 9.94 Å². The Balaban J connectivity index is 2.21. The van der Waals surface area contributed by atoms with Gasteiger partial charge in [0, 0.05) is 5.54 Å². The summed E-state index contributed by atoms with van der Waals surface area (Å²) in [4.78, 5) is 11.5. The molecule has 5 heteroatoms. The summed E-state index contributed by atoms with van der Waals surface area (Å²) in [5.41, 5.74) is 0.605. The molecule has 1 rings (SSSR count). The number of amides is 1. The Hall–Kier alpha value is -1.10. The minimum absolute atomic E-state index is 0.0841. The molecule has 1 aliphatic rings. The van der Waals surface area contributed by atoms with Crippen molar-refractivity contribution < 1.29 is 14.7 Å². The van der Waals surface area contributed by atoms with Crippen molar-refractivity contribution in [2.24, 2.45) is 5.16 Å². The molecule has 2 N–H and O–H groups in total. The van der Waals surface area contributed by atoms with Crippen molar-refractivity contribution in [1.82, 2.24) is 5.32 Å². The lowest BCUT2D eigenvalue weighted by Crippen LogP contribution is -2.43. The zero-order chi connectivity index (χ0) is 12.9. The number of hydrogen-bond donors (Lipinski definition) is 2. The van der Waals surface area contributed by atoms with E-state index in [1.807, 2.05) is 20.8 Å². The van der Waals surface area contributed by atoms with Crippen molar-refractivity contribution in [3.8, 4) is 0 Å². The number of ether oxygens (including phenoxy) is 1. The maximum Gasteiger partial charge on any atom is 0.246 e. The predicted molar refractivity (Wildman–Crippen MR) is 65.3 cm³/mol. The monoisotopic (exact) mass is 242 g/mol. The first-order valence-electron chi connectivity index (χ1n) is 6.03. The van der Waals surface area contributed by atoms with Crippen LogP contribution in [0.25, 0.3) is 0 Å². The third-order valence-electron chi connectivity index (χ3n) is 2.62. The smallest absolute Gasteiger partial charge is 0.246 e. The first-order chi connectivity index (χ1) is 7.90. The molecule has 0 aromatic carbocycles. The average Bonchev–Trinajstić information content (AvgIpc) is 2.25. The highest BCUT2D eigenvalue weighted by Crippen LogP contribution is 2.18. The number of nitrogens with one attached hydrogen (secondary N) is 1. The third kappa shape index (κ3) is 5.68. The van der Waals surface area contributed by atoms with Crippen molar-refractivity contribution in [2.45, 2.75) is 58.1 Å². The van der Waals surface area contributed by atoms with E-state index < -0.39 is 0 Å². The summed E-state index contributed by atoms with van der Waals surface area (Å²) >= 11 is 0. The van der Waals surface area contributed by atoms with Gasteiger partial charge in [-0.15, -0.1) is 0 Å². The molecule has 0 aliphatic heterocycles. The Morgan fingerprint density at radius 1 is 1.47 bits per heavy atom. The largest absolute Gasteiger partial charge is 0.411 e. The van der Waals surface area contributed by atoms with Crippen molar-refractivity contribution >= 4 is 11.6 Å². The number of hydrogen-bond acceptors (Lipinski definition) is 4. The normalized spacial score (nSPS) is 21.1. The van der Waals surface area contributed by atoms with Gasteiger partial charge in [-0.2, -0.15) is 0 Å².